The topological polar surface area (TPSA) is 59.8 Å². The number of halogens is 3. The molecule has 0 atom stereocenters. The van der Waals surface area contributed by atoms with E-state index in [1.165, 1.54) is 7.05 Å². The van der Waals surface area contributed by atoms with Gasteiger partial charge in [-0.2, -0.15) is 18.9 Å². The van der Waals surface area contributed by atoms with Crippen LogP contribution in [0.25, 0.3) is 0 Å². The highest BCUT2D eigenvalue weighted by Crippen LogP contribution is 2.20. The molecule has 1 aromatic heterocycles. The van der Waals surface area contributed by atoms with E-state index in [0.717, 1.165) is 11.0 Å². The van der Waals surface area contributed by atoms with Gasteiger partial charge in [-0.05, 0) is 11.6 Å². The highest BCUT2D eigenvalue weighted by Gasteiger charge is 2.36. The van der Waals surface area contributed by atoms with Crippen molar-refractivity contribution in [1.82, 2.24) is 14.8 Å². The largest absolute Gasteiger partial charge is 0.400 e. The lowest BCUT2D eigenvalue weighted by Crippen LogP contribution is -2.30. The number of amides is 1. The van der Waals surface area contributed by atoms with Crippen molar-refractivity contribution < 1.29 is 13.6 Å². The number of nitrogens with zero attached hydrogens (tertiary/aromatic N) is 3. The van der Waals surface area contributed by atoms with Crippen LogP contribution in [0.3, 0.4) is 0 Å². The van der Waals surface area contributed by atoms with Crippen LogP contribution in [0.1, 0.15) is 0 Å². The number of carbonyl (C=O) groups excluding carboxylic acids is 1. The van der Waals surface area contributed by atoms with Gasteiger partial charge in [0.05, 0.1) is 0 Å². The van der Waals surface area contributed by atoms with Crippen molar-refractivity contribution in [1.29, 1.82) is 0 Å². The number of anilines is 1. The average molecular weight is 211 g/mol. The fourth-order valence-corrected chi connectivity index (χ4v) is 0.629. The Labute approximate surface area is 76.7 Å². The standard InChI is InChI=1S/C5H5ClF2N4O/c1-12-4(9-2-10-12)11-3(13)5(6,7)8/h2H,1H3,(H,9,10,11,13). The smallest absolute Gasteiger partial charge is 0.288 e. The zero-order valence-corrected chi connectivity index (χ0v) is 7.22. The van der Waals surface area contributed by atoms with Gasteiger partial charge < -0.3 is 0 Å². The van der Waals surface area contributed by atoms with Gasteiger partial charge in [-0.1, -0.05) is 0 Å². The molecular formula is C5H5ClF2N4O. The fourth-order valence-electron chi connectivity index (χ4n) is 0.582. The highest BCUT2D eigenvalue weighted by molar-refractivity contribution is 6.33. The Morgan fingerprint density at radius 3 is 2.77 bits per heavy atom. The van der Waals surface area contributed by atoms with Crippen molar-refractivity contribution in [3.8, 4) is 0 Å². The van der Waals surface area contributed by atoms with Gasteiger partial charge in [0, 0.05) is 7.05 Å². The molecule has 72 valence electrons. The van der Waals surface area contributed by atoms with Gasteiger partial charge in [-0.25, -0.2) is 4.68 Å². The molecule has 1 N–H and O–H groups in total. The maximum atomic E-state index is 12.1. The van der Waals surface area contributed by atoms with Crippen molar-refractivity contribution in [3.63, 3.8) is 0 Å². The molecule has 1 rings (SSSR count). The van der Waals surface area contributed by atoms with E-state index >= 15 is 0 Å². The third-order valence-corrected chi connectivity index (χ3v) is 1.37. The van der Waals surface area contributed by atoms with Gasteiger partial charge in [0.1, 0.15) is 6.33 Å². The van der Waals surface area contributed by atoms with E-state index in [9.17, 15) is 13.6 Å². The minimum Gasteiger partial charge on any atom is -0.288 e. The summed E-state index contributed by atoms with van der Waals surface area (Å²) >= 11 is 4.45. The molecule has 0 saturated heterocycles. The van der Waals surface area contributed by atoms with E-state index in [0.29, 0.717) is 0 Å². The quantitative estimate of drug-likeness (QED) is 0.727. The second-order valence-corrected chi connectivity index (χ2v) is 2.63. The lowest BCUT2D eigenvalue weighted by atomic mass is 10.6. The molecule has 0 aliphatic heterocycles. The molecule has 0 fully saturated rings. The summed E-state index contributed by atoms with van der Waals surface area (Å²) in [6.07, 6.45) is 1.11. The molecular weight excluding hydrogens is 206 g/mol. The molecule has 0 radical (unpaired) electrons. The van der Waals surface area contributed by atoms with Crippen LogP contribution in [-0.4, -0.2) is 26.1 Å². The van der Waals surface area contributed by atoms with Crippen molar-refractivity contribution in [2.24, 2.45) is 7.05 Å². The molecule has 8 heteroatoms. The first-order chi connectivity index (χ1) is 5.91. The summed E-state index contributed by atoms with van der Waals surface area (Å²) in [5, 5.41) is 1.41. The van der Waals surface area contributed by atoms with E-state index in [1.807, 2.05) is 0 Å². The van der Waals surface area contributed by atoms with Crippen molar-refractivity contribution in [3.05, 3.63) is 6.33 Å². The molecule has 0 unspecified atom stereocenters. The molecule has 0 aromatic carbocycles. The maximum absolute atomic E-state index is 12.1. The van der Waals surface area contributed by atoms with Crippen LogP contribution in [0, 0.1) is 0 Å². The summed E-state index contributed by atoms with van der Waals surface area (Å²) < 4.78 is 25.4. The molecule has 5 nitrogen and oxygen atoms in total. The second kappa shape index (κ2) is 3.25. The van der Waals surface area contributed by atoms with Crippen molar-refractivity contribution in [2.75, 3.05) is 5.32 Å². The van der Waals surface area contributed by atoms with Gasteiger partial charge in [-0.3, -0.25) is 10.1 Å². The average Bonchev–Trinajstić information content (AvgIpc) is 2.34. The third kappa shape index (κ3) is 2.35. The molecule has 0 spiro atoms. The number of alkyl halides is 3. The Hall–Kier alpha value is -1.24. The first-order valence-electron chi connectivity index (χ1n) is 3.13. The Morgan fingerprint density at radius 2 is 2.38 bits per heavy atom. The SMILES string of the molecule is Cn1ncnc1NC(=O)C(F)(F)Cl. The van der Waals surface area contributed by atoms with Crippen LogP contribution in [0.2, 0.25) is 0 Å². The molecule has 0 aliphatic carbocycles. The van der Waals surface area contributed by atoms with Crippen LogP contribution >= 0.6 is 11.6 Å². The van der Waals surface area contributed by atoms with Crippen molar-refractivity contribution >= 4 is 23.5 Å². The fraction of sp³-hybridized carbons (Fsp3) is 0.400. The zero-order chi connectivity index (χ0) is 10.1. The van der Waals surface area contributed by atoms with E-state index < -0.39 is 11.3 Å². The van der Waals surface area contributed by atoms with Gasteiger partial charge in [-0.15, -0.1) is 0 Å². The number of carbonyl (C=O) groups is 1. The van der Waals surface area contributed by atoms with Gasteiger partial charge >= 0.3 is 11.3 Å². The lowest BCUT2D eigenvalue weighted by molar-refractivity contribution is -0.130. The Morgan fingerprint density at radius 1 is 1.77 bits per heavy atom. The Kier molecular flexibility index (Phi) is 2.46. The van der Waals surface area contributed by atoms with Crippen molar-refractivity contribution in [2.45, 2.75) is 5.38 Å². The van der Waals surface area contributed by atoms with E-state index in [-0.39, 0.29) is 5.95 Å². The van der Waals surface area contributed by atoms with Crippen LogP contribution in [0.15, 0.2) is 6.33 Å². The van der Waals surface area contributed by atoms with Gasteiger partial charge in [0.2, 0.25) is 5.95 Å². The molecule has 0 aliphatic rings. The predicted molar refractivity (Wildman–Crippen MR) is 40.4 cm³/mol. The molecule has 1 amide bonds. The van der Waals surface area contributed by atoms with Gasteiger partial charge in [0.25, 0.3) is 0 Å². The second-order valence-electron chi connectivity index (χ2n) is 2.16. The molecule has 13 heavy (non-hydrogen) atoms. The Bertz CT molecular complexity index is 321. The summed E-state index contributed by atoms with van der Waals surface area (Å²) in [5.41, 5.74) is 0. The first-order valence-corrected chi connectivity index (χ1v) is 3.51. The number of hydrogen-bond donors (Lipinski definition) is 1. The first kappa shape index (κ1) is 9.85. The van der Waals surface area contributed by atoms with Gasteiger partial charge in [0.15, 0.2) is 0 Å². The number of rotatable bonds is 2. The van der Waals surface area contributed by atoms with Crippen LogP contribution in [0.4, 0.5) is 14.7 Å². The van der Waals surface area contributed by atoms with Crippen LogP contribution in [-0.2, 0) is 11.8 Å². The Balaban J connectivity index is 2.71. The van der Waals surface area contributed by atoms with E-state index in [1.54, 1.807) is 5.32 Å². The van der Waals surface area contributed by atoms with Crippen LogP contribution < -0.4 is 5.32 Å². The number of nitrogens with one attached hydrogen (secondary N) is 1. The van der Waals surface area contributed by atoms with E-state index in [4.69, 9.17) is 0 Å². The minimum absolute atomic E-state index is 0.0923. The molecule has 1 heterocycles. The summed E-state index contributed by atoms with van der Waals surface area (Å²) in [6.45, 7) is 0. The molecule has 1 aromatic rings. The predicted octanol–water partition coefficient (Wildman–Crippen LogP) is 0.585. The molecule has 0 bridgehead atoms. The summed E-state index contributed by atoms with van der Waals surface area (Å²) in [4.78, 5) is 14.1. The zero-order valence-electron chi connectivity index (χ0n) is 6.46. The third-order valence-electron chi connectivity index (χ3n) is 1.19. The number of hydrogen-bond acceptors (Lipinski definition) is 3. The molecule has 0 saturated carbocycles. The summed E-state index contributed by atoms with van der Waals surface area (Å²) in [5.74, 6) is -1.73. The number of aromatic nitrogens is 3. The lowest BCUT2D eigenvalue weighted by Gasteiger charge is -2.07. The normalized spacial score (nSPS) is 11.4. The minimum atomic E-state index is -3.94. The summed E-state index contributed by atoms with van der Waals surface area (Å²) in [7, 11) is 1.44. The maximum Gasteiger partial charge on any atom is 0.400 e. The van der Waals surface area contributed by atoms with E-state index in [2.05, 4.69) is 21.7 Å². The highest BCUT2D eigenvalue weighted by atomic mass is 35.5. The number of aryl methyl sites for hydroxylation is 1. The monoisotopic (exact) mass is 210 g/mol. The van der Waals surface area contributed by atoms with Crippen LogP contribution in [0.5, 0.6) is 0 Å². The summed E-state index contributed by atoms with van der Waals surface area (Å²) in [6, 6.07) is 0.